The lowest BCUT2D eigenvalue weighted by Gasteiger charge is -2.29. The van der Waals surface area contributed by atoms with E-state index in [4.69, 9.17) is 27.9 Å². The van der Waals surface area contributed by atoms with E-state index in [9.17, 15) is 13.2 Å². The van der Waals surface area contributed by atoms with Crippen molar-refractivity contribution in [3.8, 4) is 5.75 Å². The van der Waals surface area contributed by atoms with Gasteiger partial charge < -0.3 is 9.64 Å². The summed E-state index contributed by atoms with van der Waals surface area (Å²) in [6.45, 7) is 2.52. The van der Waals surface area contributed by atoms with E-state index in [1.165, 1.54) is 12.1 Å². The molecule has 1 heterocycles. The number of nitrogens with zero attached hydrogens (tertiary/aromatic N) is 1. The van der Waals surface area contributed by atoms with E-state index in [0.29, 0.717) is 30.9 Å². The summed E-state index contributed by atoms with van der Waals surface area (Å²) < 4.78 is 29.4. The maximum atomic E-state index is 13.3. The van der Waals surface area contributed by atoms with Crippen molar-refractivity contribution in [2.45, 2.75) is 25.9 Å². The minimum Gasteiger partial charge on any atom is -0.491 e. The topological polar surface area (TPSA) is 63.7 Å². The van der Waals surface area contributed by atoms with Crippen LogP contribution in [0.4, 0.5) is 0 Å². The highest BCUT2D eigenvalue weighted by Crippen LogP contribution is 2.35. The molecule has 0 spiro atoms. The highest BCUT2D eigenvalue weighted by molar-refractivity contribution is 7.91. The number of carbonyl (C=O) groups is 1. The van der Waals surface area contributed by atoms with Gasteiger partial charge >= 0.3 is 0 Å². The number of hydrogen-bond acceptors (Lipinski definition) is 4. The van der Waals surface area contributed by atoms with Crippen LogP contribution in [0.25, 0.3) is 0 Å². The first-order chi connectivity index (χ1) is 13.3. The molecule has 0 aliphatic carbocycles. The number of carbonyl (C=O) groups excluding carboxylic acids is 1. The van der Waals surface area contributed by atoms with Crippen LogP contribution < -0.4 is 4.74 Å². The first-order valence-corrected chi connectivity index (χ1v) is 11.6. The minimum absolute atomic E-state index is 0.0376. The van der Waals surface area contributed by atoms with Crippen molar-refractivity contribution < 1.29 is 17.9 Å². The molecule has 0 N–H and O–H groups in total. The number of halogens is 2. The predicted molar refractivity (Wildman–Crippen MR) is 111 cm³/mol. The molecule has 1 fully saturated rings. The van der Waals surface area contributed by atoms with Crippen LogP contribution >= 0.6 is 23.2 Å². The Labute approximate surface area is 175 Å². The summed E-state index contributed by atoms with van der Waals surface area (Å²) >= 11 is 12.5. The second kappa shape index (κ2) is 8.72. The molecule has 3 rings (SSSR count). The van der Waals surface area contributed by atoms with Crippen LogP contribution in [0.3, 0.4) is 0 Å². The fourth-order valence-electron chi connectivity index (χ4n) is 3.30. The van der Waals surface area contributed by atoms with Crippen molar-refractivity contribution in [2.75, 3.05) is 18.1 Å². The zero-order valence-corrected chi connectivity index (χ0v) is 17.7. The molecule has 1 atom stereocenters. The standard InChI is InChI=1S/C20H21Cl2NO4S/c1-2-27-19-17(21)10-15(11-18(19)22)20(24)23(12-14-6-4-3-5-7-14)16-8-9-28(25,26)13-16/h3-7,10-11,16H,2,8-9,12-13H2,1H3/t16-/m0/s1. The average molecular weight is 442 g/mol. The Bertz CT molecular complexity index is 940. The van der Waals surface area contributed by atoms with Gasteiger partial charge in [0.1, 0.15) is 0 Å². The first-order valence-electron chi connectivity index (χ1n) is 8.98. The van der Waals surface area contributed by atoms with Gasteiger partial charge in [0.25, 0.3) is 5.91 Å². The van der Waals surface area contributed by atoms with E-state index >= 15 is 0 Å². The van der Waals surface area contributed by atoms with E-state index < -0.39 is 9.84 Å². The van der Waals surface area contributed by atoms with E-state index in [0.717, 1.165) is 5.56 Å². The normalized spacial score (nSPS) is 18.0. The van der Waals surface area contributed by atoms with Gasteiger partial charge in [0, 0.05) is 18.2 Å². The molecule has 0 unspecified atom stereocenters. The van der Waals surface area contributed by atoms with E-state index in [-0.39, 0.29) is 33.5 Å². The quantitative estimate of drug-likeness (QED) is 0.672. The number of benzene rings is 2. The van der Waals surface area contributed by atoms with Gasteiger partial charge in [0.2, 0.25) is 0 Å². The molecule has 0 bridgehead atoms. The Morgan fingerprint density at radius 3 is 2.36 bits per heavy atom. The largest absolute Gasteiger partial charge is 0.491 e. The maximum Gasteiger partial charge on any atom is 0.254 e. The molecule has 0 saturated carbocycles. The molecule has 150 valence electrons. The third-order valence-corrected chi connectivity index (χ3v) is 6.95. The number of ether oxygens (including phenoxy) is 1. The van der Waals surface area contributed by atoms with Crippen LogP contribution in [0, 0.1) is 0 Å². The summed E-state index contributed by atoms with van der Waals surface area (Å²) in [5.74, 6) is 0.0729. The highest BCUT2D eigenvalue weighted by Gasteiger charge is 2.35. The molecule has 0 aromatic heterocycles. The number of sulfone groups is 1. The van der Waals surface area contributed by atoms with Gasteiger partial charge in [-0.2, -0.15) is 0 Å². The third-order valence-electron chi connectivity index (χ3n) is 4.64. The Balaban J connectivity index is 1.94. The first kappa shape index (κ1) is 21.0. The molecule has 5 nitrogen and oxygen atoms in total. The smallest absolute Gasteiger partial charge is 0.254 e. The Hall–Kier alpha value is -1.76. The highest BCUT2D eigenvalue weighted by atomic mass is 35.5. The van der Waals surface area contributed by atoms with Crippen molar-refractivity contribution in [1.82, 2.24) is 4.90 Å². The zero-order chi connectivity index (χ0) is 20.3. The van der Waals surface area contributed by atoms with Crippen LogP contribution in [-0.4, -0.2) is 43.4 Å². The SMILES string of the molecule is CCOc1c(Cl)cc(C(=O)N(Cc2ccccc2)[C@H]2CCS(=O)(=O)C2)cc1Cl. The monoisotopic (exact) mass is 441 g/mol. The maximum absolute atomic E-state index is 13.3. The van der Waals surface area contributed by atoms with Crippen LogP contribution in [0.1, 0.15) is 29.3 Å². The van der Waals surface area contributed by atoms with Gasteiger partial charge in [-0.3, -0.25) is 4.79 Å². The molecule has 0 radical (unpaired) electrons. The Morgan fingerprint density at radius 2 is 1.82 bits per heavy atom. The lowest BCUT2D eigenvalue weighted by Crippen LogP contribution is -2.40. The molecule has 1 amide bonds. The van der Waals surface area contributed by atoms with Crippen molar-refractivity contribution in [1.29, 1.82) is 0 Å². The van der Waals surface area contributed by atoms with Crippen LogP contribution in [0.5, 0.6) is 5.75 Å². The average Bonchev–Trinajstić information content (AvgIpc) is 3.02. The van der Waals surface area contributed by atoms with Gasteiger partial charge in [-0.1, -0.05) is 53.5 Å². The second-order valence-corrected chi connectivity index (χ2v) is 9.72. The lowest BCUT2D eigenvalue weighted by atomic mass is 10.1. The number of amides is 1. The summed E-state index contributed by atoms with van der Waals surface area (Å²) in [6.07, 6.45) is 0.416. The van der Waals surface area contributed by atoms with Gasteiger partial charge in [-0.15, -0.1) is 0 Å². The summed E-state index contributed by atoms with van der Waals surface area (Å²) in [5.41, 5.74) is 1.22. The molecular formula is C20H21Cl2NO4S. The second-order valence-electron chi connectivity index (χ2n) is 6.68. The van der Waals surface area contributed by atoms with Crippen LogP contribution in [-0.2, 0) is 16.4 Å². The van der Waals surface area contributed by atoms with Gasteiger partial charge in [-0.05, 0) is 31.0 Å². The summed E-state index contributed by atoms with van der Waals surface area (Å²) in [4.78, 5) is 14.9. The fourth-order valence-corrected chi connectivity index (χ4v) is 5.63. The van der Waals surface area contributed by atoms with Crippen molar-refractivity contribution >= 4 is 38.9 Å². The summed E-state index contributed by atoms with van der Waals surface area (Å²) in [5, 5.41) is 0.493. The third kappa shape index (κ3) is 4.80. The van der Waals surface area contributed by atoms with Crippen LogP contribution in [0.2, 0.25) is 10.0 Å². The molecular weight excluding hydrogens is 421 g/mol. The van der Waals surface area contributed by atoms with Gasteiger partial charge in [0.05, 0.1) is 28.2 Å². The molecule has 28 heavy (non-hydrogen) atoms. The summed E-state index contributed by atoms with van der Waals surface area (Å²) in [7, 11) is -3.14. The molecule has 2 aromatic rings. The number of rotatable bonds is 6. The minimum atomic E-state index is -3.14. The summed E-state index contributed by atoms with van der Waals surface area (Å²) in [6, 6.07) is 12.1. The fraction of sp³-hybridized carbons (Fsp3) is 0.350. The predicted octanol–water partition coefficient (Wildman–Crippen LogP) is 4.22. The van der Waals surface area contributed by atoms with E-state index in [1.807, 2.05) is 37.3 Å². The van der Waals surface area contributed by atoms with Crippen molar-refractivity contribution in [3.05, 3.63) is 63.6 Å². The Morgan fingerprint density at radius 1 is 1.18 bits per heavy atom. The van der Waals surface area contributed by atoms with E-state index in [1.54, 1.807) is 4.90 Å². The molecule has 1 aliphatic heterocycles. The van der Waals surface area contributed by atoms with Crippen molar-refractivity contribution in [3.63, 3.8) is 0 Å². The van der Waals surface area contributed by atoms with Gasteiger partial charge in [-0.25, -0.2) is 8.42 Å². The molecule has 1 saturated heterocycles. The molecule has 2 aromatic carbocycles. The lowest BCUT2D eigenvalue weighted by molar-refractivity contribution is 0.0681. The molecule has 8 heteroatoms. The molecule has 1 aliphatic rings. The van der Waals surface area contributed by atoms with Gasteiger partial charge in [0.15, 0.2) is 15.6 Å². The van der Waals surface area contributed by atoms with E-state index in [2.05, 4.69) is 0 Å². The van der Waals surface area contributed by atoms with Crippen LogP contribution in [0.15, 0.2) is 42.5 Å². The zero-order valence-electron chi connectivity index (χ0n) is 15.4. The number of hydrogen-bond donors (Lipinski definition) is 0. The Kier molecular flexibility index (Phi) is 6.53. The van der Waals surface area contributed by atoms with Crippen molar-refractivity contribution in [2.24, 2.45) is 0 Å².